The number of nitrogens with zero attached hydrogens (tertiary/aromatic N) is 2. The van der Waals surface area contributed by atoms with Gasteiger partial charge in [-0.2, -0.15) is 0 Å². The Bertz CT molecular complexity index is 788. The van der Waals surface area contributed by atoms with Crippen molar-refractivity contribution in [2.75, 3.05) is 19.6 Å². The van der Waals surface area contributed by atoms with Gasteiger partial charge in [0.15, 0.2) is 0 Å². The first-order valence-electron chi connectivity index (χ1n) is 8.69. The van der Waals surface area contributed by atoms with Crippen LogP contribution < -0.4 is 5.32 Å². The average molecular weight is 337 g/mol. The van der Waals surface area contributed by atoms with E-state index in [0.717, 1.165) is 23.2 Å². The van der Waals surface area contributed by atoms with Gasteiger partial charge >= 0.3 is 0 Å². The molecule has 1 aromatic carbocycles. The van der Waals surface area contributed by atoms with Crippen LogP contribution >= 0.6 is 0 Å². The van der Waals surface area contributed by atoms with Crippen LogP contribution in [0.5, 0.6) is 0 Å². The quantitative estimate of drug-likeness (QED) is 0.933. The Morgan fingerprint density at radius 2 is 2.12 bits per heavy atom. The molecule has 1 atom stereocenters. The van der Waals surface area contributed by atoms with E-state index >= 15 is 0 Å². The second kappa shape index (κ2) is 7.47. The normalized spacial score (nSPS) is 16.7. The maximum absolute atomic E-state index is 12.8. The number of benzene rings is 1. The second-order valence-electron chi connectivity index (χ2n) is 6.38. The maximum Gasteiger partial charge on any atom is 0.253 e. The van der Waals surface area contributed by atoms with Crippen molar-refractivity contribution in [3.05, 3.63) is 53.7 Å². The number of carbonyl (C=O) groups is 2. The van der Waals surface area contributed by atoms with E-state index < -0.39 is 0 Å². The van der Waals surface area contributed by atoms with E-state index in [9.17, 15) is 9.59 Å². The summed E-state index contributed by atoms with van der Waals surface area (Å²) >= 11 is 0. The van der Waals surface area contributed by atoms with E-state index in [4.69, 9.17) is 0 Å². The van der Waals surface area contributed by atoms with Crippen LogP contribution in [-0.2, 0) is 4.79 Å². The Morgan fingerprint density at radius 3 is 2.88 bits per heavy atom. The molecule has 1 N–H and O–H groups in total. The minimum Gasteiger partial charge on any atom is -0.356 e. The van der Waals surface area contributed by atoms with Gasteiger partial charge in [-0.15, -0.1) is 0 Å². The zero-order chi connectivity index (χ0) is 17.8. The SMILES string of the molecule is CCNC(=O)[C@@H]1CCN(C(=O)c2cccc(-c3ncccc3C)c2)C1. The summed E-state index contributed by atoms with van der Waals surface area (Å²) < 4.78 is 0. The van der Waals surface area contributed by atoms with Crippen molar-refractivity contribution in [2.45, 2.75) is 20.3 Å². The van der Waals surface area contributed by atoms with Crippen LogP contribution in [-0.4, -0.2) is 41.3 Å². The molecule has 5 nitrogen and oxygen atoms in total. The Labute approximate surface area is 148 Å². The van der Waals surface area contributed by atoms with Crippen LogP contribution in [0.15, 0.2) is 42.6 Å². The number of hydrogen-bond acceptors (Lipinski definition) is 3. The van der Waals surface area contributed by atoms with Crippen LogP contribution in [0.1, 0.15) is 29.3 Å². The molecule has 2 amide bonds. The molecule has 0 radical (unpaired) electrons. The van der Waals surface area contributed by atoms with Gasteiger partial charge in [-0.1, -0.05) is 18.2 Å². The molecule has 1 aliphatic rings. The number of hydrogen-bond donors (Lipinski definition) is 1. The fourth-order valence-electron chi connectivity index (χ4n) is 3.25. The zero-order valence-corrected chi connectivity index (χ0v) is 14.7. The lowest BCUT2D eigenvalue weighted by atomic mass is 10.0. The smallest absolute Gasteiger partial charge is 0.253 e. The fourth-order valence-corrected chi connectivity index (χ4v) is 3.25. The van der Waals surface area contributed by atoms with Gasteiger partial charge in [0.05, 0.1) is 11.6 Å². The molecule has 3 rings (SSSR count). The van der Waals surface area contributed by atoms with Crippen LogP contribution in [0.3, 0.4) is 0 Å². The van der Waals surface area contributed by atoms with Gasteiger partial charge in [0.2, 0.25) is 5.91 Å². The monoisotopic (exact) mass is 337 g/mol. The van der Waals surface area contributed by atoms with Crippen molar-refractivity contribution in [1.82, 2.24) is 15.2 Å². The molecular formula is C20H23N3O2. The van der Waals surface area contributed by atoms with Gasteiger partial charge in [-0.25, -0.2) is 0 Å². The van der Waals surface area contributed by atoms with Crippen molar-refractivity contribution in [3.63, 3.8) is 0 Å². The average Bonchev–Trinajstić information content (AvgIpc) is 3.12. The molecule has 0 spiro atoms. The van der Waals surface area contributed by atoms with E-state index in [-0.39, 0.29) is 17.7 Å². The molecule has 5 heteroatoms. The molecule has 2 heterocycles. The van der Waals surface area contributed by atoms with E-state index in [1.807, 2.05) is 50.2 Å². The summed E-state index contributed by atoms with van der Waals surface area (Å²) in [5.41, 5.74) is 3.53. The first-order chi connectivity index (χ1) is 12.1. The second-order valence-corrected chi connectivity index (χ2v) is 6.38. The Kier molecular flexibility index (Phi) is 5.12. The van der Waals surface area contributed by atoms with Crippen molar-refractivity contribution in [3.8, 4) is 11.3 Å². The Balaban J connectivity index is 1.77. The van der Waals surface area contributed by atoms with E-state index in [0.29, 0.717) is 25.2 Å². The van der Waals surface area contributed by atoms with Gasteiger partial charge in [0, 0.05) is 37.0 Å². The molecule has 0 unspecified atom stereocenters. The third-order valence-electron chi connectivity index (χ3n) is 4.59. The molecule has 1 fully saturated rings. The van der Waals surface area contributed by atoms with E-state index in [2.05, 4.69) is 10.3 Å². The van der Waals surface area contributed by atoms with Gasteiger partial charge < -0.3 is 10.2 Å². The van der Waals surface area contributed by atoms with Gasteiger partial charge in [0.25, 0.3) is 5.91 Å². The lowest BCUT2D eigenvalue weighted by Gasteiger charge is -2.17. The summed E-state index contributed by atoms with van der Waals surface area (Å²) in [5, 5.41) is 2.84. The number of amides is 2. The van der Waals surface area contributed by atoms with Gasteiger partial charge in [0.1, 0.15) is 0 Å². The lowest BCUT2D eigenvalue weighted by Crippen LogP contribution is -2.34. The molecule has 1 aromatic heterocycles. The number of aromatic nitrogens is 1. The zero-order valence-electron chi connectivity index (χ0n) is 14.7. The third kappa shape index (κ3) is 3.71. The summed E-state index contributed by atoms with van der Waals surface area (Å²) in [6.07, 6.45) is 2.48. The van der Waals surface area contributed by atoms with Crippen molar-refractivity contribution in [2.24, 2.45) is 5.92 Å². The lowest BCUT2D eigenvalue weighted by molar-refractivity contribution is -0.124. The Morgan fingerprint density at radius 1 is 1.28 bits per heavy atom. The number of rotatable bonds is 4. The van der Waals surface area contributed by atoms with E-state index in [1.54, 1.807) is 11.1 Å². The first-order valence-corrected chi connectivity index (χ1v) is 8.69. The van der Waals surface area contributed by atoms with Gasteiger partial charge in [-0.3, -0.25) is 14.6 Å². The first kappa shape index (κ1) is 17.1. The molecule has 1 aliphatic heterocycles. The predicted octanol–water partition coefficient (Wildman–Crippen LogP) is 2.66. The summed E-state index contributed by atoms with van der Waals surface area (Å²) in [6.45, 7) is 5.63. The van der Waals surface area contributed by atoms with Gasteiger partial charge in [-0.05, 0) is 44.0 Å². The molecule has 1 saturated heterocycles. The largest absolute Gasteiger partial charge is 0.356 e. The van der Waals surface area contributed by atoms with Crippen LogP contribution in [0.25, 0.3) is 11.3 Å². The number of likely N-dealkylation sites (tertiary alicyclic amines) is 1. The summed E-state index contributed by atoms with van der Waals surface area (Å²) in [7, 11) is 0. The third-order valence-corrected chi connectivity index (χ3v) is 4.59. The highest BCUT2D eigenvalue weighted by Crippen LogP contribution is 2.24. The standard InChI is InChI=1S/C20H23N3O2/c1-3-21-19(24)17-9-11-23(13-17)20(25)16-8-4-7-15(12-16)18-14(2)6-5-10-22-18/h4-8,10,12,17H,3,9,11,13H2,1-2H3,(H,21,24)/t17-/m1/s1. The minimum absolute atomic E-state index is 0.0257. The molecule has 0 saturated carbocycles. The number of aryl methyl sites for hydroxylation is 1. The number of pyridine rings is 1. The minimum atomic E-state index is -0.106. The van der Waals surface area contributed by atoms with E-state index in [1.165, 1.54) is 0 Å². The number of carbonyl (C=O) groups excluding carboxylic acids is 2. The number of nitrogens with one attached hydrogen (secondary N) is 1. The van der Waals surface area contributed by atoms with Crippen molar-refractivity contribution in [1.29, 1.82) is 0 Å². The topological polar surface area (TPSA) is 62.3 Å². The Hall–Kier alpha value is -2.69. The molecule has 2 aromatic rings. The van der Waals surface area contributed by atoms with Crippen LogP contribution in [0.4, 0.5) is 0 Å². The van der Waals surface area contributed by atoms with Crippen molar-refractivity contribution < 1.29 is 9.59 Å². The predicted molar refractivity (Wildman–Crippen MR) is 97.1 cm³/mol. The van der Waals surface area contributed by atoms with Crippen LogP contribution in [0.2, 0.25) is 0 Å². The fraction of sp³-hybridized carbons (Fsp3) is 0.350. The van der Waals surface area contributed by atoms with Crippen LogP contribution in [0, 0.1) is 12.8 Å². The van der Waals surface area contributed by atoms with Crippen molar-refractivity contribution >= 4 is 11.8 Å². The maximum atomic E-state index is 12.8. The molecule has 0 bridgehead atoms. The molecule has 25 heavy (non-hydrogen) atoms. The highest BCUT2D eigenvalue weighted by atomic mass is 16.2. The summed E-state index contributed by atoms with van der Waals surface area (Å²) in [4.78, 5) is 31.0. The summed E-state index contributed by atoms with van der Waals surface area (Å²) in [5.74, 6) is -0.0944. The molecular weight excluding hydrogens is 314 g/mol. The molecule has 130 valence electrons. The highest BCUT2D eigenvalue weighted by Gasteiger charge is 2.31. The molecule has 0 aliphatic carbocycles. The highest BCUT2D eigenvalue weighted by molar-refractivity contribution is 5.96. The summed E-state index contributed by atoms with van der Waals surface area (Å²) in [6, 6.07) is 11.5.